The number of nitrogens with one attached hydrogen (secondary N) is 1. The van der Waals surface area contributed by atoms with Crippen molar-refractivity contribution < 1.29 is 19.0 Å². The molecule has 1 N–H and O–H groups in total. The summed E-state index contributed by atoms with van der Waals surface area (Å²) in [6, 6.07) is 18.6. The molecule has 2 atom stereocenters. The number of carbonyl (C=O) groups is 1. The van der Waals surface area contributed by atoms with Gasteiger partial charge in [0.1, 0.15) is 17.8 Å². The first-order chi connectivity index (χ1) is 14.7. The molecule has 3 heterocycles. The molecule has 0 saturated carbocycles. The van der Waals surface area contributed by atoms with Crippen molar-refractivity contribution in [3.05, 3.63) is 93.9 Å². The lowest BCUT2D eigenvalue weighted by Gasteiger charge is -2.38. The van der Waals surface area contributed by atoms with Gasteiger partial charge in [-0.2, -0.15) is 0 Å². The number of aromatic nitrogens is 1. The van der Waals surface area contributed by atoms with Crippen LogP contribution in [0.5, 0.6) is 11.5 Å². The Hall–Kier alpha value is -3.58. The number of carbonyl (C=O) groups excluding carboxylic acids is 1. The smallest absolute Gasteiger partial charge is 0.260 e. The van der Waals surface area contributed by atoms with Crippen LogP contribution in [0.15, 0.2) is 71.7 Å². The molecule has 0 spiro atoms. The van der Waals surface area contributed by atoms with Crippen LogP contribution in [0.4, 0.5) is 0 Å². The van der Waals surface area contributed by atoms with E-state index in [2.05, 4.69) is 4.98 Å². The van der Waals surface area contributed by atoms with Crippen molar-refractivity contribution in [1.29, 1.82) is 0 Å². The lowest BCUT2D eigenvalue weighted by atomic mass is 10.0. The standard InChI is InChI=1S/C23H20N2O5/c26-22-17(7-4-10-24-22)23(27)25-12-20(15-5-2-1-3-6-15)30-21(13-25)16-8-9-18-19(11-16)29-14-28-18/h1-11,20-21H,12-14H2,(H,24,26)/t20-,21+/m0/s1. The number of hydrogen-bond acceptors (Lipinski definition) is 5. The van der Waals surface area contributed by atoms with Crippen molar-refractivity contribution in [3.8, 4) is 11.5 Å². The molecule has 30 heavy (non-hydrogen) atoms. The number of ether oxygens (including phenoxy) is 3. The van der Waals surface area contributed by atoms with Gasteiger partial charge in [-0.15, -0.1) is 0 Å². The number of pyridine rings is 1. The van der Waals surface area contributed by atoms with E-state index in [-0.39, 0.29) is 30.5 Å². The Labute approximate surface area is 172 Å². The summed E-state index contributed by atoms with van der Waals surface area (Å²) in [4.78, 5) is 29.6. The molecule has 152 valence electrons. The fraction of sp³-hybridized carbons (Fsp3) is 0.217. The van der Waals surface area contributed by atoms with Gasteiger partial charge < -0.3 is 24.1 Å². The van der Waals surface area contributed by atoms with E-state index in [1.807, 2.05) is 48.5 Å². The van der Waals surface area contributed by atoms with E-state index >= 15 is 0 Å². The van der Waals surface area contributed by atoms with Gasteiger partial charge in [-0.3, -0.25) is 9.59 Å². The van der Waals surface area contributed by atoms with Crippen molar-refractivity contribution in [1.82, 2.24) is 9.88 Å². The van der Waals surface area contributed by atoms with Crippen molar-refractivity contribution in [3.63, 3.8) is 0 Å². The molecule has 1 amide bonds. The molecule has 0 radical (unpaired) electrons. The molecule has 0 unspecified atom stereocenters. The number of morpholine rings is 1. The van der Waals surface area contributed by atoms with Crippen LogP contribution in [0.2, 0.25) is 0 Å². The van der Waals surface area contributed by atoms with Gasteiger partial charge in [-0.1, -0.05) is 36.4 Å². The molecule has 1 fully saturated rings. The third kappa shape index (κ3) is 3.44. The van der Waals surface area contributed by atoms with E-state index in [1.165, 1.54) is 6.20 Å². The monoisotopic (exact) mass is 404 g/mol. The zero-order valence-corrected chi connectivity index (χ0v) is 16.1. The van der Waals surface area contributed by atoms with E-state index in [4.69, 9.17) is 14.2 Å². The average molecular weight is 404 g/mol. The number of aromatic amines is 1. The third-order valence-corrected chi connectivity index (χ3v) is 5.38. The molecular weight excluding hydrogens is 384 g/mol. The molecule has 7 heteroatoms. The second-order valence-corrected chi connectivity index (χ2v) is 7.26. The minimum absolute atomic E-state index is 0.121. The first kappa shape index (κ1) is 18.4. The Morgan fingerprint density at radius 1 is 0.900 bits per heavy atom. The minimum atomic E-state index is -0.398. The van der Waals surface area contributed by atoms with Crippen LogP contribution in [0.3, 0.4) is 0 Å². The number of nitrogens with zero attached hydrogens (tertiary/aromatic N) is 1. The Balaban J connectivity index is 1.49. The quantitative estimate of drug-likeness (QED) is 0.726. The predicted octanol–water partition coefficient (Wildman–Crippen LogP) is 3.06. The molecule has 0 bridgehead atoms. The molecule has 1 saturated heterocycles. The van der Waals surface area contributed by atoms with E-state index in [9.17, 15) is 9.59 Å². The number of H-pyrrole nitrogens is 1. The summed E-state index contributed by atoms with van der Waals surface area (Å²) >= 11 is 0. The summed E-state index contributed by atoms with van der Waals surface area (Å²) in [7, 11) is 0. The van der Waals surface area contributed by atoms with Crippen LogP contribution < -0.4 is 15.0 Å². The SMILES string of the molecule is O=C(c1ccc[nH]c1=O)N1C[C@@H](c2ccccc2)O[C@@H](c2ccc3c(c2)OCO3)C1. The van der Waals surface area contributed by atoms with Crippen LogP contribution in [-0.4, -0.2) is 35.7 Å². The van der Waals surface area contributed by atoms with Crippen LogP contribution >= 0.6 is 0 Å². The van der Waals surface area contributed by atoms with Gasteiger partial charge in [0.15, 0.2) is 11.5 Å². The maximum atomic E-state index is 13.2. The van der Waals surface area contributed by atoms with E-state index in [0.29, 0.717) is 24.6 Å². The summed E-state index contributed by atoms with van der Waals surface area (Å²) < 4.78 is 17.3. The first-order valence-corrected chi connectivity index (χ1v) is 9.76. The topological polar surface area (TPSA) is 80.9 Å². The van der Waals surface area contributed by atoms with Gasteiger partial charge in [0.05, 0.1) is 13.1 Å². The number of benzene rings is 2. The van der Waals surface area contributed by atoms with Gasteiger partial charge in [-0.05, 0) is 35.4 Å². The maximum absolute atomic E-state index is 13.2. The summed E-state index contributed by atoms with van der Waals surface area (Å²) in [6.07, 6.45) is 0.827. The van der Waals surface area contributed by atoms with E-state index in [1.54, 1.807) is 17.0 Å². The van der Waals surface area contributed by atoms with Crippen LogP contribution in [-0.2, 0) is 4.74 Å². The van der Waals surface area contributed by atoms with Crippen molar-refractivity contribution in [2.75, 3.05) is 19.9 Å². The predicted molar refractivity (Wildman–Crippen MR) is 109 cm³/mol. The average Bonchev–Trinajstić information content (AvgIpc) is 3.27. The van der Waals surface area contributed by atoms with E-state index < -0.39 is 5.56 Å². The Morgan fingerprint density at radius 2 is 1.67 bits per heavy atom. The molecule has 7 nitrogen and oxygen atoms in total. The van der Waals surface area contributed by atoms with Gasteiger partial charge >= 0.3 is 0 Å². The highest BCUT2D eigenvalue weighted by molar-refractivity contribution is 5.93. The van der Waals surface area contributed by atoms with Crippen LogP contribution in [0.1, 0.15) is 33.7 Å². The molecule has 2 aromatic carbocycles. The highest BCUT2D eigenvalue weighted by Gasteiger charge is 2.34. The van der Waals surface area contributed by atoms with Crippen molar-refractivity contribution in [2.24, 2.45) is 0 Å². The largest absolute Gasteiger partial charge is 0.454 e. The number of rotatable bonds is 3. The van der Waals surface area contributed by atoms with Gasteiger partial charge in [0.25, 0.3) is 11.5 Å². The number of hydrogen-bond donors (Lipinski definition) is 1. The normalized spacial score (nSPS) is 20.2. The fourth-order valence-electron chi connectivity index (χ4n) is 3.83. The second-order valence-electron chi connectivity index (χ2n) is 7.26. The van der Waals surface area contributed by atoms with Gasteiger partial charge in [-0.25, -0.2) is 0 Å². The van der Waals surface area contributed by atoms with Gasteiger partial charge in [0.2, 0.25) is 6.79 Å². The molecule has 5 rings (SSSR count). The lowest BCUT2D eigenvalue weighted by molar-refractivity contribution is -0.0798. The molecule has 1 aromatic heterocycles. The zero-order valence-electron chi connectivity index (χ0n) is 16.1. The molecule has 3 aromatic rings. The fourth-order valence-corrected chi connectivity index (χ4v) is 3.83. The van der Waals surface area contributed by atoms with Crippen molar-refractivity contribution >= 4 is 5.91 Å². The van der Waals surface area contributed by atoms with Crippen LogP contribution in [0, 0.1) is 0 Å². The molecule has 0 aliphatic carbocycles. The maximum Gasteiger partial charge on any atom is 0.260 e. The van der Waals surface area contributed by atoms with Crippen LogP contribution in [0.25, 0.3) is 0 Å². The second kappa shape index (κ2) is 7.68. The highest BCUT2D eigenvalue weighted by atomic mass is 16.7. The Bertz CT molecular complexity index is 1130. The molecule has 2 aliphatic heterocycles. The summed E-state index contributed by atoms with van der Waals surface area (Å²) in [5, 5.41) is 0. The molecule has 2 aliphatic rings. The summed E-state index contributed by atoms with van der Waals surface area (Å²) in [5.41, 5.74) is 1.59. The Kier molecular flexibility index (Phi) is 4.72. The Morgan fingerprint density at radius 3 is 2.47 bits per heavy atom. The minimum Gasteiger partial charge on any atom is -0.454 e. The number of amides is 1. The first-order valence-electron chi connectivity index (χ1n) is 9.76. The zero-order chi connectivity index (χ0) is 20.5. The summed E-state index contributed by atoms with van der Waals surface area (Å²) in [5.74, 6) is 1.04. The third-order valence-electron chi connectivity index (χ3n) is 5.38. The van der Waals surface area contributed by atoms with E-state index in [0.717, 1.165) is 11.1 Å². The van der Waals surface area contributed by atoms with Gasteiger partial charge in [0, 0.05) is 6.20 Å². The summed E-state index contributed by atoms with van der Waals surface area (Å²) in [6.45, 7) is 0.882. The molecular formula is C23H20N2O5. The number of fused-ring (bicyclic) bond motifs is 1. The van der Waals surface area contributed by atoms with Crippen molar-refractivity contribution in [2.45, 2.75) is 12.2 Å². The highest BCUT2D eigenvalue weighted by Crippen LogP contribution is 2.38. The lowest BCUT2D eigenvalue weighted by Crippen LogP contribution is -2.45.